The van der Waals surface area contributed by atoms with Gasteiger partial charge < -0.3 is 9.47 Å². The average Bonchev–Trinajstić information content (AvgIpc) is 2.61. The molecule has 28 heavy (non-hydrogen) atoms. The van der Waals surface area contributed by atoms with Gasteiger partial charge >= 0.3 is 12.1 Å². The minimum Gasteiger partial charge on any atom is -0.488 e. The fraction of sp³-hybridized carbons (Fsp3) is 0.235. The third kappa shape index (κ3) is 4.69. The molecule has 0 bridgehead atoms. The first-order chi connectivity index (χ1) is 13.1. The number of carbonyl (C=O) groups excluding carboxylic acids is 1. The van der Waals surface area contributed by atoms with E-state index in [1.54, 1.807) is 0 Å². The highest BCUT2D eigenvalue weighted by Crippen LogP contribution is 2.31. The molecule has 150 valence electrons. The van der Waals surface area contributed by atoms with Crippen molar-refractivity contribution in [2.75, 3.05) is 13.7 Å². The minimum atomic E-state index is -4.77. The lowest BCUT2D eigenvalue weighted by Crippen LogP contribution is -2.27. The van der Waals surface area contributed by atoms with Gasteiger partial charge in [-0.15, -0.1) is 0 Å². The van der Waals surface area contributed by atoms with E-state index >= 15 is 0 Å². The van der Waals surface area contributed by atoms with Crippen LogP contribution in [0.4, 0.5) is 17.6 Å². The maximum Gasteiger partial charge on any atom is 0.418 e. The zero-order valence-electron chi connectivity index (χ0n) is 14.5. The molecule has 0 aliphatic carbocycles. The summed E-state index contributed by atoms with van der Waals surface area (Å²) >= 11 is 5.88. The quantitative estimate of drug-likeness (QED) is 0.421. The summed E-state index contributed by atoms with van der Waals surface area (Å²) in [6.45, 7) is 0.820. The highest BCUT2D eigenvalue weighted by atomic mass is 35.5. The lowest BCUT2D eigenvalue weighted by atomic mass is 10.2. The Morgan fingerprint density at radius 1 is 1.36 bits per heavy atom. The van der Waals surface area contributed by atoms with Crippen molar-refractivity contribution in [1.29, 1.82) is 0 Å². The normalized spacial score (nSPS) is 11.7. The van der Waals surface area contributed by atoms with Gasteiger partial charge in [0.1, 0.15) is 18.0 Å². The van der Waals surface area contributed by atoms with Gasteiger partial charge in [0.2, 0.25) is 0 Å². The van der Waals surface area contributed by atoms with E-state index in [1.165, 1.54) is 13.2 Å². The van der Waals surface area contributed by atoms with E-state index in [1.807, 2.05) is 0 Å². The third-order valence-electron chi connectivity index (χ3n) is 3.54. The fourth-order valence-electron chi connectivity index (χ4n) is 2.14. The van der Waals surface area contributed by atoms with Crippen molar-refractivity contribution >= 4 is 17.6 Å². The van der Waals surface area contributed by atoms with E-state index in [9.17, 15) is 27.2 Å². The standard InChI is InChI=1S/C17H13ClF4N2O4/c1-9-10(17(20,21)22)8-23-24(16(9)26)13-7-14(11(18)6-12(13)19)28-5-3-4-15(25)27-2/h3-4,6-8H,5H2,1-2H3. The lowest BCUT2D eigenvalue weighted by molar-refractivity contribution is -0.138. The number of rotatable bonds is 5. The Bertz CT molecular complexity index is 986. The summed E-state index contributed by atoms with van der Waals surface area (Å²) in [5.41, 5.74) is -3.45. The maximum atomic E-state index is 14.3. The van der Waals surface area contributed by atoms with Crippen LogP contribution in [0.5, 0.6) is 5.75 Å². The summed E-state index contributed by atoms with van der Waals surface area (Å²) < 4.78 is 63.0. The molecule has 1 heterocycles. The van der Waals surface area contributed by atoms with Gasteiger partial charge in [-0.3, -0.25) is 4.79 Å². The van der Waals surface area contributed by atoms with Crippen LogP contribution < -0.4 is 10.3 Å². The molecule has 11 heteroatoms. The lowest BCUT2D eigenvalue weighted by Gasteiger charge is -2.14. The van der Waals surface area contributed by atoms with Crippen molar-refractivity contribution in [2.24, 2.45) is 0 Å². The van der Waals surface area contributed by atoms with Crippen LogP contribution in [0.3, 0.4) is 0 Å². The largest absolute Gasteiger partial charge is 0.488 e. The molecule has 0 aliphatic rings. The predicted octanol–water partition coefficient (Wildman–Crippen LogP) is 3.46. The summed E-state index contributed by atoms with van der Waals surface area (Å²) in [7, 11) is 1.19. The van der Waals surface area contributed by atoms with Crippen molar-refractivity contribution in [3.05, 3.63) is 62.8 Å². The second kappa shape index (κ2) is 8.42. The number of ether oxygens (including phenoxy) is 2. The Kier molecular flexibility index (Phi) is 6.45. The van der Waals surface area contributed by atoms with Crippen LogP contribution >= 0.6 is 11.6 Å². The summed E-state index contributed by atoms with van der Waals surface area (Å²) in [4.78, 5) is 23.2. The van der Waals surface area contributed by atoms with Crippen molar-refractivity contribution in [3.8, 4) is 11.4 Å². The minimum absolute atomic E-state index is 0.0705. The van der Waals surface area contributed by atoms with Gasteiger partial charge in [-0.1, -0.05) is 11.6 Å². The molecule has 0 saturated heterocycles. The fourth-order valence-corrected chi connectivity index (χ4v) is 2.34. The Morgan fingerprint density at radius 2 is 2.04 bits per heavy atom. The molecule has 0 amide bonds. The van der Waals surface area contributed by atoms with Crippen LogP contribution in [0.15, 0.2) is 35.3 Å². The van der Waals surface area contributed by atoms with E-state index in [0.29, 0.717) is 10.9 Å². The highest BCUT2D eigenvalue weighted by molar-refractivity contribution is 6.32. The number of methoxy groups -OCH3 is 1. The van der Waals surface area contributed by atoms with Gasteiger partial charge in [0, 0.05) is 17.7 Å². The van der Waals surface area contributed by atoms with Crippen LogP contribution in [0, 0.1) is 12.7 Å². The Hall–Kier alpha value is -2.88. The van der Waals surface area contributed by atoms with Crippen LogP contribution in [0.1, 0.15) is 11.1 Å². The van der Waals surface area contributed by atoms with Crippen LogP contribution in [0.2, 0.25) is 5.02 Å². The SMILES string of the molecule is COC(=O)C=CCOc1cc(-n2ncc(C(F)(F)F)c(C)c2=O)c(F)cc1Cl. The number of halogens is 5. The third-order valence-corrected chi connectivity index (χ3v) is 3.84. The Labute approximate surface area is 160 Å². The van der Waals surface area contributed by atoms with Gasteiger partial charge in [0.25, 0.3) is 5.56 Å². The second-order valence-corrected chi connectivity index (χ2v) is 5.78. The summed E-state index contributed by atoms with van der Waals surface area (Å²) in [6, 6.07) is 1.85. The molecule has 0 fully saturated rings. The number of hydrogen-bond donors (Lipinski definition) is 0. The summed E-state index contributed by atoms with van der Waals surface area (Å²) in [6.07, 6.45) is -1.94. The molecule has 2 aromatic rings. The molecule has 0 saturated carbocycles. The molecule has 0 N–H and O–H groups in total. The van der Waals surface area contributed by atoms with E-state index in [0.717, 1.165) is 25.1 Å². The molecule has 0 aliphatic heterocycles. The van der Waals surface area contributed by atoms with Crippen LogP contribution in [-0.4, -0.2) is 29.5 Å². The van der Waals surface area contributed by atoms with Gasteiger partial charge in [0.15, 0.2) is 5.82 Å². The van der Waals surface area contributed by atoms with Crippen molar-refractivity contribution in [2.45, 2.75) is 13.1 Å². The van der Waals surface area contributed by atoms with E-state index in [2.05, 4.69) is 9.84 Å². The number of esters is 1. The first-order valence-corrected chi connectivity index (χ1v) is 7.97. The summed E-state index contributed by atoms with van der Waals surface area (Å²) in [5, 5.41) is 3.26. The van der Waals surface area contributed by atoms with Crippen molar-refractivity contribution < 1.29 is 31.8 Å². The van der Waals surface area contributed by atoms with Crippen molar-refractivity contribution in [1.82, 2.24) is 9.78 Å². The molecule has 0 unspecified atom stereocenters. The molecule has 1 aromatic carbocycles. The molecule has 0 atom stereocenters. The van der Waals surface area contributed by atoms with Gasteiger partial charge in [-0.25, -0.2) is 9.18 Å². The average molecular weight is 421 g/mol. The highest BCUT2D eigenvalue weighted by Gasteiger charge is 2.34. The second-order valence-electron chi connectivity index (χ2n) is 5.37. The topological polar surface area (TPSA) is 70.4 Å². The van der Waals surface area contributed by atoms with E-state index in [-0.39, 0.29) is 17.4 Å². The predicted molar refractivity (Wildman–Crippen MR) is 91.2 cm³/mol. The van der Waals surface area contributed by atoms with E-state index < -0.39 is 40.3 Å². The van der Waals surface area contributed by atoms with E-state index in [4.69, 9.17) is 16.3 Å². The monoisotopic (exact) mass is 420 g/mol. The molecule has 0 spiro atoms. The summed E-state index contributed by atoms with van der Waals surface area (Å²) in [5.74, 6) is -1.68. The molecule has 0 radical (unpaired) electrons. The number of hydrogen-bond acceptors (Lipinski definition) is 5. The number of benzene rings is 1. The number of carbonyl (C=O) groups is 1. The zero-order chi connectivity index (χ0) is 21.1. The Balaban J connectivity index is 2.42. The Morgan fingerprint density at radius 3 is 2.64 bits per heavy atom. The first-order valence-electron chi connectivity index (χ1n) is 7.59. The van der Waals surface area contributed by atoms with Gasteiger partial charge in [0.05, 0.1) is 23.9 Å². The van der Waals surface area contributed by atoms with Gasteiger partial charge in [-0.05, 0) is 19.1 Å². The van der Waals surface area contributed by atoms with Gasteiger partial charge in [-0.2, -0.15) is 23.0 Å². The van der Waals surface area contributed by atoms with Crippen molar-refractivity contribution in [3.63, 3.8) is 0 Å². The smallest absolute Gasteiger partial charge is 0.418 e. The first kappa shape index (κ1) is 21.4. The van der Waals surface area contributed by atoms with Crippen LogP contribution in [0.25, 0.3) is 5.69 Å². The number of alkyl halides is 3. The van der Waals surface area contributed by atoms with Crippen LogP contribution in [-0.2, 0) is 15.7 Å². The molecule has 1 aromatic heterocycles. The number of nitrogens with zero attached hydrogens (tertiary/aromatic N) is 2. The number of aromatic nitrogens is 2. The molecule has 2 rings (SSSR count). The maximum absolute atomic E-state index is 14.3. The molecular weight excluding hydrogens is 408 g/mol. The zero-order valence-corrected chi connectivity index (χ0v) is 15.3. The molecular formula is C17H13ClF4N2O4. The molecule has 6 nitrogen and oxygen atoms in total.